The molecule has 1 aliphatic rings. The molecule has 1 N–H and O–H groups in total. The molecule has 3 rings (SSSR count). The van der Waals surface area contributed by atoms with Crippen LogP contribution < -0.4 is 5.32 Å². The third-order valence-electron chi connectivity index (χ3n) is 4.96. The van der Waals surface area contributed by atoms with Crippen LogP contribution in [0.2, 0.25) is 0 Å². The molecule has 0 atom stereocenters. The molecule has 2 aromatic rings. The normalized spacial score (nSPS) is 14.5. The van der Waals surface area contributed by atoms with E-state index in [-0.39, 0.29) is 10.5 Å². The number of carbonyl (C=O) groups is 2. The smallest absolute Gasteiger partial charge is 0.341 e. The van der Waals surface area contributed by atoms with Crippen molar-refractivity contribution >= 4 is 38.1 Å². The second-order valence-corrected chi connectivity index (χ2v) is 10.3. The van der Waals surface area contributed by atoms with Crippen LogP contribution in [0.15, 0.2) is 29.2 Å². The maximum absolute atomic E-state index is 12.9. The van der Waals surface area contributed by atoms with Crippen molar-refractivity contribution in [3.63, 3.8) is 0 Å². The molecule has 0 unspecified atom stereocenters. The average Bonchev–Trinajstić information content (AvgIpc) is 3.03. The highest BCUT2D eigenvalue weighted by molar-refractivity contribution is 7.90. The number of hydrogen-bond donors (Lipinski definition) is 1. The lowest BCUT2D eigenvalue weighted by Gasteiger charge is -2.30. The first-order valence-corrected chi connectivity index (χ1v) is 11.9. The van der Waals surface area contributed by atoms with Crippen LogP contribution in [-0.2, 0) is 27.5 Å². The topological polar surface area (TPSA) is 92.8 Å². The first kappa shape index (κ1) is 21.5. The van der Waals surface area contributed by atoms with Gasteiger partial charge in [0.1, 0.15) is 5.00 Å². The minimum Gasteiger partial charge on any atom is -0.465 e. The largest absolute Gasteiger partial charge is 0.465 e. The quantitative estimate of drug-likeness (QED) is 0.725. The van der Waals surface area contributed by atoms with Crippen LogP contribution in [0.5, 0.6) is 0 Å². The zero-order chi connectivity index (χ0) is 21.3. The summed E-state index contributed by atoms with van der Waals surface area (Å²) in [5.74, 6) is -1.08. The third-order valence-corrected chi connectivity index (χ3v) is 7.25. The Kier molecular flexibility index (Phi) is 6.11. The second kappa shape index (κ2) is 8.25. The Morgan fingerprint density at radius 1 is 1.24 bits per heavy atom. The summed E-state index contributed by atoms with van der Waals surface area (Å²) in [4.78, 5) is 28.6. The predicted molar refractivity (Wildman–Crippen MR) is 112 cm³/mol. The van der Waals surface area contributed by atoms with Gasteiger partial charge < -0.3 is 10.1 Å². The number of ether oxygens (including phenoxy) is 1. The number of anilines is 1. The molecule has 1 aromatic carbocycles. The predicted octanol–water partition coefficient (Wildman–Crippen LogP) is 2.96. The highest BCUT2D eigenvalue weighted by atomic mass is 32.2. The number of nitrogens with one attached hydrogen (secondary N) is 1. The maximum Gasteiger partial charge on any atom is 0.341 e. The van der Waals surface area contributed by atoms with Crippen LogP contribution >= 0.6 is 11.3 Å². The molecular weight excluding hydrogens is 412 g/mol. The number of sulfone groups is 1. The summed E-state index contributed by atoms with van der Waals surface area (Å²) >= 11 is 1.34. The molecule has 1 aliphatic heterocycles. The van der Waals surface area contributed by atoms with Crippen LogP contribution in [0.25, 0.3) is 0 Å². The van der Waals surface area contributed by atoms with Gasteiger partial charge in [-0.25, -0.2) is 13.2 Å². The molecule has 9 heteroatoms. The summed E-state index contributed by atoms with van der Waals surface area (Å²) in [5.41, 5.74) is 1.30. The molecule has 1 amide bonds. The van der Waals surface area contributed by atoms with Gasteiger partial charge in [-0.3, -0.25) is 9.69 Å². The average molecular weight is 437 g/mol. The summed E-state index contributed by atoms with van der Waals surface area (Å²) in [6, 6.07) is 6.39. The molecule has 0 aliphatic carbocycles. The SMILES string of the molecule is COC(=O)c1c(NC(=O)c2ccccc2S(C)(=O)=O)sc2c1CCN(C(C)C)C2. The second-order valence-electron chi connectivity index (χ2n) is 7.24. The van der Waals surface area contributed by atoms with E-state index in [0.29, 0.717) is 29.6 Å². The Morgan fingerprint density at radius 2 is 1.93 bits per heavy atom. The van der Waals surface area contributed by atoms with Gasteiger partial charge in [0.25, 0.3) is 5.91 Å². The van der Waals surface area contributed by atoms with E-state index in [9.17, 15) is 18.0 Å². The van der Waals surface area contributed by atoms with Gasteiger partial charge in [-0.1, -0.05) is 12.1 Å². The lowest BCUT2D eigenvalue weighted by Crippen LogP contribution is -2.35. The minimum atomic E-state index is -3.58. The monoisotopic (exact) mass is 436 g/mol. The summed E-state index contributed by atoms with van der Waals surface area (Å²) in [6.45, 7) is 5.74. The molecule has 156 valence electrons. The van der Waals surface area contributed by atoms with Gasteiger partial charge in [0, 0.05) is 30.3 Å². The van der Waals surface area contributed by atoms with E-state index in [4.69, 9.17) is 4.74 Å². The van der Waals surface area contributed by atoms with Crippen molar-refractivity contribution in [3.8, 4) is 0 Å². The van der Waals surface area contributed by atoms with Crippen LogP contribution in [0.3, 0.4) is 0 Å². The maximum atomic E-state index is 12.9. The van der Waals surface area contributed by atoms with Crippen molar-refractivity contribution in [2.75, 3.05) is 25.2 Å². The van der Waals surface area contributed by atoms with Crippen molar-refractivity contribution in [1.82, 2.24) is 4.90 Å². The molecule has 0 radical (unpaired) electrons. The Bertz CT molecular complexity index is 1060. The summed E-state index contributed by atoms with van der Waals surface area (Å²) in [7, 11) is -2.27. The molecule has 0 bridgehead atoms. The number of methoxy groups -OCH3 is 1. The number of esters is 1. The van der Waals surface area contributed by atoms with E-state index in [1.807, 2.05) is 0 Å². The highest BCUT2D eigenvalue weighted by Crippen LogP contribution is 2.38. The first-order valence-electron chi connectivity index (χ1n) is 9.20. The van der Waals surface area contributed by atoms with Crippen LogP contribution in [-0.4, -0.2) is 51.1 Å². The molecule has 2 heterocycles. The van der Waals surface area contributed by atoms with Gasteiger partial charge in [0.2, 0.25) is 0 Å². The number of benzene rings is 1. The lowest BCUT2D eigenvalue weighted by atomic mass is 10.0. The van der Waals surface area contributed by atoms with Crippen molar-refractivity contribution in [3.05, 3.63) is 45.8 Å². The highest BCUT2D eigenvalue weighted by Gasteiger charge is 2.30. The summed E-state index contributed by atoms with van der Waals surface area (Å²) in [5, 5.41) is 3.14. The molecule has 0 saturated carbocycles. The lowest BCUT2D eigenvalue weighted by molar-refractivity contribution is 0.0600. The van der Waals surface area contributed by atoms with E-state index in [0.717, 1.165) is 23.2 Å². The van der Waals surface area contributed by atoms with Crippen molar-refractivity contribution < 1.29 is 22.7 Å². The minimum absolute atomic E-state index is 0.0426. The fraction of sp³-hybridized carbons (Fsp3) is 0.400. The van der Waals surface area contributed by atoms with Gasteiger partial charge in [0.05, 0.1) is 23.1 Å². The van der Waals surface area contributed by atoms with E-state index >= 15 is 0 Å². The Hall–Kier alpha value is -2.23. The van der Waals surface area contributed by atoms with E-state index < -0.39 is 21.7 Å². The summed E-state index contributed by atoms with van der Waals surface area (Å²) in [6.07, 6.45) is 1.74. The number of amides is 1. The van der Waals surface area contributed by atoms with Crippen molar-refractivity contribution in [2.24, 2.45) is 0 Å². The molecular formula is C20H24N2O5S2. The number of hydrogen-bond acceptors (Lipinski definition) is 7. The van der Waals surface area contributed by atoms with Gasteiger partial charge in [0.15, 0.2) is 9.84 Å². The van der Waals surface area contributed by atoms with E-state index in [2.05, 4.69) is 24.1 Å². The van der Waals surface area contributed by atoms with Crippen molar-refractivity contribution in [1.29, 1.82) is 0 Å². The number of nitrogens with zero attached hydrogens (tertiary/aromatic N) is 1. The molecule has 1 aromatic heterocycles. The standard InChI is InChI=1S/C20H24N2O5S2/c1-12(2)22-10-9-13-15(11-22)28-19(17(13)20(24)27-3)21-18(23)14-7-5-6-8-16(14)29(4,25)26/h5-8,12H,9-11H2,1-4H3,(H,21,23). The van der Waals surface area contributed by atoms with Crippen LogP contribution in [0.4, 0.5) is 5.00 Å². The third kappa shape index (κ3) is 4.36. The molecule has 0 fully saturated rings. The summed E-state index contributed by atoms with van der Waals surface area (Å²) < 4.78 is 29.0. The van der Waals surface area contributed by atoms with Gasteiger partial charge in [-0.05, 0) is 38.0 Å². The van der Waals surface area contributed by atoms with Crippen molar-refractivity contribution in [2.45, 2.75) is 37.8 Å². The van der Waals surface area contributed by atoms with E-state index in [1.165, 1.54) is 30.6 Å². The fourth-order valence-electron chi connectivity index (χ4n) is 3.42. The van der Waals surface area contributed by atoms with Crippen LogP contribution in [0.1, 0.15) is 45.0 Å². The molecule has 0 saturated heterocycles. The number of fused-ring (bicyclic) bond motifs is 1. The number of rotatable bonds is 5. The zero-order valence-electron chi connectivity index (χ0n) is 16.8. The Balaban J connectivity index is 2.00. The van der Waals surface area contributed by atoms with E-state index in [1.54, 1.807) is 12.1 Å². The molecule has 7 nitrogen and oxygen atoms in total. The number of carbonyl (C=O) groups excluding carboxylic acids is 2. The fourth-order valence-corrected chi connectivity index (χ4v) is 5.56. The van der Waals surface area contributed by atoms with Gasteiger partial charge in [-0.15, -0.1) is 11.3 Å². The van der Waals surface area contributed by atoms with Gasteiger partial charge in [-0.2, -0.15) is 0 Å². The number of thiophene rings is 1. The van der Waals surface area contributed by atoms with Crippen LogP contribution in [0, 0.1) is 0 Å². The Labute approximate surface area is 174 Å². The zero-order valence-corrected chi connectivity index (χ0v) is 18.4. The molecule has 0 spiro atoms. The molecule has 29 heavy (non-hydrogen) atoms. The first-order chi connectivity index (χ1) is 13.6. The van der Waals surface area contributed by atoms with Gasteiger partial charge >= 0.3 is 5.97 Å². The Morgan fingerprint density at radius 3 is 2.55 bits per heavy atom.